The number of carbonyl (C=O) groups is 2. The molecule has 0 fully saturated rings. The summed E-state index contributed by atoms with van der Waals surface area (Å²) in [5.74, 6) is 0.294. The topological polar surface area (TPSA) is 81.5 Å². The molecule has 158 valence electrons. The highest BCUT2D eigenvalue weighted by atomic mass is 16.1. The summed E-state index contributed by atoms with van der Waals surface area (Å²) in [5, 5.41) is 0. The van der Waals surface area contributed by atoms with Crippen LogP contribution in [-0.4, -0.2) is 27.0 Å². The lowest BCUT2D eigenvalue weighted by Gasteiger charge is -2.08. The van der Waals surface area contributed by atoms with Gasteiger partial charge in [0.1, 0.15) is 0 Å². The van der Waals surface area contributed by atoms with Crippen molar-refractivity contribution in [2.24, 2.45) is 0 Å². The summed E-state index contributed by atoms with van der Waals surface area (Å²) < 4.78 is 0. The Morgan fingerprint density at radius 1 is 0.700 bits per heavy atom. The highest BCUT2D eigenvalue weighted by Gasteiger charge is 2.16. The van der Waals surface area contributed by atoms with Gasteiger partial charge in [-0.25, -0.2) is 0 Å². The van der Waals surface area contributed by atoms with Crippen LogP contribution >= 0.6 is 0 Å². The summed E-state index contributed by atoms with van der Waals surface area (Å²) in [6.07, 6.45) is 17.6. The second-order valence-corrected chi connectivity index (χ2v) is 8.39. The Morgan fingerprint density at radius 2 is 1.37 bits per heavy atom. The molecule has 0 atom stereocenters. The molecule has 0 radical (unpaired) electrons. The van der Waals surface area contributed by atoms with E-state index in [1.807, 2.05) is 18.3 Å². The quantitative estimate of drug-likeness (QED) is 0.490. The number of hydrogen-bond acceptors (Lipinski definition) is 2. The summed E-state index contributed by atoms with van der Waals surface area (Å²) in [6, 6.07) is 6.05. The fourth-order valence-corrected chi connectivity index (χ4v) is 4.64. The van der Waals surface area contributed by atoms with E-state index in [1.54, 1.807) is 5.56 Å². The van der Waals surface area contributed by atoms with E-state index in [2.05, 4.69) is 27.2 Å². The Labute approximate surface area is 177 Å². The second-order valence-electron chi connectivity index (χ2n) is 8.39. The molecule has 0 saturated carbocycles. The van der Waals surface area contributed by atoms with Crippen molar-refractivity contribution in [3.05, 3.63) is 70.1 Å². The number of aromatic amines is 3. The van der Waals surface area contributed by atoms with E-state index in [1.165, 1.54) is 55.5 Å². The number of aromatic nitrogens is 3. The molecule has 5 nitrogen and oxygen atoms in total. The summed E-state index contributed by atoms with van der Waals surface area (Å²) in [7, 11) is 0. The van der Waals surface area contributed by atoms with Gasteiger partial charge in [-0.1, -0.05) is 0 Å². The number of carbonyl (C=O) groups excluding carboxylic acids is 2. The predicted molar refractivity (Wildman–Crippen MR) is 118 cm³/mol. The first-order valence-corrected chi connectivity index (χ1v) is 11.2. The molecule has 3 aliphatic carbocycles. The first kappa shape index (κ1) is 20.5. The summed E-state index contributed by atoms with van der Waals surface area (Å²) >= 11 is 0. The number of nitrogens with one attached hydrogen (secondary N) is 3. The van der Waals surface area contributed by atoms with Gasteiger partial charge < -0.3 is 15.0 Å². The van der Waals surface area contributed by atoms with E-state index in [4.69, 9.17) is 0 Å². The van der Waals surface area contributed by atoms with Crippen LogP contribution in [0.1, 0.15) is 87.6 Å². The first-order valence-electron chi connectivity index (χ1n) is 11.2. The highest BCUT2D eigenvalue weighted by Crippen LogP contribution is 2.21. The molecule has 0 unspecified atom stereocenters. The van der Waals surface area contributed by atoms with Crippen LogP contribution in [0, 0.1) is 0 Å². The summed E-state index contributed by atoms with van der Waals surface area (Å²) in [6.45, 7) is 0. The molecule has 0 spiro atoms. The Hall–Kier alpha value is -2.82. The number of aryl methyl sites for hydroxylation is 5. The third-order valence-corrected chi connectivity index (χ3v) is 6.28. The average Bonchev–Trinajstić information content (AvgIpc) is 3.53. The number of Topliss-reactive ketones (excluding diaryl/α,β-unsaturated/α-hetero) is 1. The van der Waals surface area contributed by atoms with Gasteiger partial charge in [0.15, 0.2) is 12.1 Å². The van der Waals surface area contributed by atoms with Gasteiger partial charge in [-0.3, -0.25) is 9.59 Å². The molecule has 5 heteroatoms. The zero-order chi connectivity index (χ0) is 20.8. The van der Waals surface area contributed by atoms with E-state index in [9.17, 15) is 9.59 Å². The van der Waals surface area contributed by atoms with Crippen molar-refractivity contribution in [3.8, 4) is 0 Å². The lowest BCUT2D eigenvalue weighted by Crippen LogP contribution is -2.08. The maximum absolute atomic E-state index is 11.1. The van der Waals surface area contributed by atoms with E-state index >= 15 is 0 Å². The van der Waals surface area contributed by atoms with Crippen LogP contribution in [0.5, 0.6) is 0 Å². The van der Waals surface area contributed by atoms with Crippen LogP contribution in [0.3, 0.4) is 0 Å². The Morgan fingerprint density at radius 3 is 2.10 bits per heavy atom. The molecule has 6 rings (SSSR count). The number of fused-ring (bicyclic) bond motifs is 3. The molecular formula is C25H31N3O2. The SMILES string of the molecule is O=C1CCCc2[nH]ccc21.O=Cc1cc2c([nH]1)CCCC2.c1cc2c([nH]1)CCCC2. The molecule has 3 aromatic heterocycles. The maximum atomic E-state index is 11.1. The van der Waals surface area contributed by atoms with Crippen molar-refractivity contribution < 1.29 is 9.59 Å². The molecule has 3 N–H and O–H groups in total. The monoisotopic (exact) mass is 405 g/mol. The smallest absolute Gasteiger partial charge is 0.166 e. The van der Waals surface area contributed by atoms with Gasteiger partial charge >= 0.3 is 0 Å². The highest BCUT2D eigenvalue weighted by molar-refractivity contribution is 5.98. The van der Waals surface area contributed by atoms with Gasteiger partial charge in [-0.15, -0.1) is 0 Å². The lowest BCUT2D eigenvalue weighted by atomic mass is 9.97. The third kappa shape index (κ3) is 4.84. The normalized spacial score (nSPS) is 16.7. The third-order valence-electron chi connectivity index (χ3n) is 6.28. The van der Waals surface area contributed by atoms with Crippen molar-refractivity contribution in [1.29, 1.82) is 0 Å². The van der Waals surface area contributed by atoms with Crippen molar-refractivity contribution >= 4 is 12.1 Å². The minimum atomic E-state index is 0.294. The minimum Gasteiger partial charge on any atom is -0.365 e. The molecule has 3 aromatic rings. The van der Waals surface area contributed by atoms with Gasteiger partial charge in [0.05, 0.1) is 5.69 Å². The Bertz CT molecular complexity index is 948. The van der Waals surface area contributed by atoms with E-state index in [-0.39, 0.29) is 0 Å². The largest absolute Gasteiger partial charge is 0.365 e. The van der Waals surface area contributed by atoms with Crippen LogP contribution in [0.2, 0.25) is 0 Å². The zero-order valence-electron chi connectivity index (χ0n) is 17.6. The fourth-order valence-electron chi connectivity index (χ4n) is 4.64. The number of ketones is 1. The minimum absolute atomic E-state index is 0.294. The van der Waals surface area contributed by atoms with Gasteiger partial charge in [0.25, 0.3) is 0 Å². The zero-order valence-corrected chi connectivity index (χ0v) is 17.6. The number of rotatable bonds is 1. The van der Waals surface area contributed by atoms with Crippen molar-refractivity contribution in [1.82, 2.24) is 15.0 Å². The second kappa shape index (κ2) is 9.79. The van der Waals surface area contributed by atoms with Crippen LogP contribution < -0.4 is 0 Å². The van der Waals surface area contributed by atoms with Gasteiger partial charge in [0.2, 0.25) is 0 Å². The molecule has 3 aliphatic rings. The van der Waals surface area contributed by atoms with Crippen LogP contribution in [0.15, 0.2) is 30.6 Å². The molecule has 0 bridgehead atoms. The number of aldehydes is 1. The van der Waals surface area contributed by atoms with Gasteiger partial charge in [-0.05, 0) is 93.5 Å². The Kier molecular flexibility index (Phi) is 6.67. The molecule has 0 saturated heterocycles. The van der Waals surface area contributed by atoms with Crippen LogP contribution in [-0.2, 0) is 32.1 Å². The van der Waals surface area contributed by atoms with Crippen molar-refractivity contribution in [2.75, 3.05) is 0 Å². The van der Waals surface area contributed by atoms with Crippen molar-refractivity contribution in [2.45, 2.75) is 70.6 Å². The molecule has 30 heavy (non-hydrogen) atoms. The fraction of sp³-hybridized carbons (Fsp3) is 0.440. The number of hydrogen-bond donors (Lipinski definition) is 3. The van der Waals surface area contributed by atoms with E-state index < -0.39 is 0 Å². The Balaban J connectivity index is 0.000000109. The average molecular weight is 406 g/mol. The van der Waals surface area contributed by atoms with E-state index in [0.717, 1.165) is 55.3 Å². The van der Waals surface area contributed by atoms with Crippen LogP contribution in [0.4, 0.5) is 0 Å². The summed E-state index contributed by atoms with van der Waals surface area (Å²) in [4.78, 5) is 31.0. The number of H-pyrrole nitrogens is 3. The molecule has 0 aliphatic heterocycles. The lowest BCUT2D eigenvalue weighted by molar-refractivity contribution is 0.0972. The molecular weight excluding hydrogens is 374 g/mol. The predicted octanol–water partition coefficient (Wildman–Crippen LogP) is 5.13. The maximum Gasteiger partial charge on any atom is 0.166 e. The molecule has 3 heterocycles. The van der Waals surface area contributed by atoms with Gasteiger partial charge in [0, 0.05) is 41.5 Å². The summed E-state index contributed by atoms with van der Waals surface area (Å²) in [5.41, 5.74) is 8.40. The first-order chi connectivity index (χ1) is 14.7. The molecule has 0 amide bonds. The van der Waals surface area contributed by atoms with E-state index in [0.29, 0.717) is 5.78 Å². The van der Waals surface area contributed by atoms with Crippen molar-refractivity contribution in [3.63, 3.8) is 0 Å². The standard InChI is InChI=1S/C9H11NO.C8H9NO.C8H11N/c11-6-8-5-7-3-1-2-4-9(7)10-8;10-8-3-1-2-7-6(8)4-5-9-7;1-2-4-8-7(3-1)5-6-9-8/h5-6,10H,1-4H2;4-5,9H,1-3H2;5-6,9H,1-4H2. The van der Waals surface area contributed by atoms with Crippen LogP contribution in [0.25, 0.3) is 0 Å². The van der Waals surface area contributed by atoms with Gasteiger partial charge in [-0.2, -0.15) is 0 Å². The molecule has 0 aromatic carbocycles.